The van der Waals surface area contributed by atoms with Crippen LogP contribution in [0.15, 0.2) is 48.5 Å². The molecule has 1 N–H and O–H groups in total. The van der Waals surface area contributed by atoms with Gasteiger partial charge in [-0.05, 0) is 61.7 Å². The number of carbonyl (C=O) groups is 2. The third-order valence-corrected chi connectivity index (χ3v) is 4.24. The molecule has 1 amide bonds. The minimum atomic E-state index is -0.576. The minimum absolute atomic E-state index is 0.113. The number of benzene rings is 2. The van der Waals surface area contributed by atoms with Crippen LogP contribution in [-0.2, 0) is 14.9 Å². The van der Waals surface area contributed by atoms with E-state index >= 15 is 0 Å². The standard InChI is InChI=1S/C19H18FNO3/c1-2-24-17(22)13-3-9-16(10-4-13)21-18(23)19(11-12-19)14-5-7-15(20)8-6-14/h3-10H,2,11-12H2,1H3,(H,21,23). The number of carbonyl (C=O) groups excluding carboxylic acids is 2. The van der Waals surface area contributed by atoms with Gasteiger partial charge in [0, 0.05) is 5.69 Å². The molecule has 1 fully saturated rings. The van der Waals surface area contributed by atoms with Crippen molar-refractivity contribution in [1.82, 2.24) is 0 Å². The zero-order chi connectivity index (χ0) is 17.2. The summed E-state index contributed by atoms with van der Waals surface area (Å²) in [6, 6.07) is 12.6. The van der Waals surface area contributed by atoms with Crippen LogP contribution in [0.25, 0.3) is 0 Å². The molecule has 24 heavy (non-hydrogen) atoms. The van der Waals surface area contributed by atoms with Crippen LogP contribution in [0.3, 0.4) is 0 Å². The van der Waals surface area contributed by atoms with Crippen LogP contribution < -0.4 is 5.32 Å². The summed E-state index contributed by atoms with van der Waals surface area (Å²) in [7, 11) is 0. The smallest absolute Gasteiger partial charge is 0.338 e. The van der Waals surface area contributed by atoms with Crippen molar-refractivity contribution in [3.05, 3.63) is 65.5 Å². The van der Waals surface area contributed by atoms with E-state index in [1.165, 1.54) is 12.1 Å². The first-order valence-electron chi connectivity index (χ1n) is 7.90. The van der Waals surface area contributed by atoms with Crippen molar-refractivity contribution in [3.8, 4) is 0 Å². The van der Waals surface area contributed by atoms with Crippen molar-refractivity contribution in [2.45, 2.75) is 25.2 Å². The fourth-order valence-corrected chi connectivity index (χ4v) is 2.70. The number of nitrogens with one attached hydrogen (secondary N) is 1. The minimum Gasteiger partial charge on any atom is -0.462 e. The molecule has 0 bridgehead atoms. The summed E-state index contributed by atoms with van der Waals surface area (Å²) in [6.07, 6.45) is 1.48. The fraction of sp³-hybridized carbons (Fsp3) is 0.263. The number of hydrogen-bond acceptors (Lipinski definition) is 3. The maximum absolute atomic E-state index is 13.1. The highest BCUT2D eigenvalue weighted by Gasteiger charge is 2.51. The summed E-state index contributed by atoms with van der Waals surface area (Å²) in [6.45, 7) is 2.06. The second-order valence-electron chi connectivity index (χ2n) is 5.84. The first-order valence-corrected chi connectivity index (χ1v) is 7.90. The molecule has 0 aromatic heterocycles. The monoisotopic (exact) mass is 327 g/mol. The first kappa shape index (κ1) is 16.2. The molecule has 1 aliphatic carbocycles. The Bertz CT molecular complexity index is 749. The van der Waals surface area contributed by atoms with Crippen molar-refractivity contribution in [3.63, 3.8) is 0 Å². The number of halogens is 1. The Hall–Kier alpha value is -2.69. The molecule has 2 aromatic rings. The van der Waals surface area contributed by atoms with Gasteiger partial charge in [0.05, 0.1) is 17.6 Å². The molecule has 0 saturated heterocycles. The molecule has 0 atom stereocenters. The van der Waals surface area contributed by atoms with Gasteiger partial charge in [0.2, 0.25) is 5.91 Å². The quantitative estimate of drug-likeness (QED) is 0.853. The molecule has 124 valence electrons. The van der Waals surface area contributed by atoms with E-state index in [1.807, 2.05) is 0 Å². The predicted octanol–water partition coefficient (Wildman–Crippen LogP) is 3.67. The number of amides is 1. The summed E-state index contributed by atoms with van der Waals surface area (Å²) < 4.78 is 18.0. The summed E-state index contributed by atoms with van der Waals surface area (Å²) in [5.74, 6) is -0.817. The maximum Gasteiger partial charge on any atom is 0.338 e. The van der Waals surface area contributed by atoms with E-state index in [9.17, 15) is 14.0 Å². The Balaban J connectivity index is 1.71. The van der Waals surface area contributed by atoms with E-state index < -0.39 is 5.41 Å². The highest BCUT2D eigenvalue weighted by molar-refractivity contribution is 6.01. The van der Waals surface area contributed by atoms with Gasteiger partial charge in [0.15, 0.2) is 0 Å². The molecule has 2 aromatic carbocycles. The van der Waals surface area contributed by atoms with Gasteiger partial charge in [-0.1, -0.05) is 12.1 Å². The molecule has 1 aliphatic rings. The van der Waals surface area contributed by atoms with Crippen LogP contribution in [0.2, 0.25) is 0 Å². The van der Waals surface area contributed by atoms with Gasteiger partial charge < -0.3 is 10.1 Å². The normalized spacial score (nSPS) is 14.8. The average molecular weight is 327 g/mol. The van der Waals surface area contributed by atoms with Crippen LogP contribution in [-0.4, -0.2) is 18.5 Å². The number of hydrogen-bond donors (Lipinski definition) is 1. The van der Waals surface area contributed by atoms with Crippen molar-refractivity contribution < 1.29 is 18.7 Å². The van der Waals surface area contributed by atoms with E-state index in [-0.39, 0.29) is 17.7 Å². The van der Waals surface area contributed by atoms with E-state index in [2.05, 4.69) is 5.32 Å². The molecule has 0 heterocycles. The summed E-state index contributed by atoms with van der Waals surface area (Å²) in [5.41, 5.74) is 1.30. The van der Waals surface area contributed by atoms with E-state index in [0.29, 0.717) is 17.9 Å². The van der Waals surface area contributed by atoms with Gasteiger partial charge in [-0.3, -0.25) is 4.79 Å². The lowest BCUT2D eigenvalue weighted by atomic mass is 9.95. The maximum atomic E-state index is 13.1. The van der Waals surface area contributed by atoms with Crippen molar-refractivity contribution in [2.75, 3.05) is 11.9 Å². The number of esters is 1. The van der Waals surface area contributed by atoms with Crippen LogP contribution in [0.1, 0.15) is 35.7 Å². The molecule has 0 radical (unpaired) electrons. The van der Waals surface area contributed by atoms with Gasteiger partial charge >= 0.3 is 5.97 Å². The van der Waals surface area contributed by atoms with E-state index in [4.69, 9.17) is 4.74 Å². The zero-order valence-electron chi connectivity index (χ0n) is 13.3. The zero-order valence-corrected chi connectivity index (χ0v) is 13.3. The first-order chi connectivity index (χ1) is 11.5. The number of anilines is 1. The Morgan fingerprint density at radius 2 is 1.71 bits per heavy atom. The molecular formula is C19H18FNO3. The van der Waals surface area contributed by atoms with Crippen LogP contribution in [0.4, 0.5) is 10.1 Å². The molecule has 0 aliphatic heterocycles. The summed E-state index contributed by atoms with van der Waals surface area (Å²) in [5, 5.41) is 2.87. The van der Waals surface area contributed by atoms with Crippen LogP contribution in [0, 0.1) is 5.82 Å². The highest BCUT2D eigenvalue weighted by Crippen LogP contribution is 2.49. The van der Waals surface area contributed by atoms with Gasteiger partial charge in [-0.15, -0.1) is 0 Å². The Morgan fingerprint density at radius 3 is 2.25 bits per heavy atom. The van der Waals surface area contributed by atoms with Crippen molar-refractivity contribution >= 4 is 17.6 Å². The molecule has 4 nitrogen and oxygen atoms in total. The lowest BCUT2D eigenvalue weighted by Gasteiger charge is -2.16. The van der Waals surface area contributed by atoms with Crippen LogP contribution in [0.5, 0.6) is 0 Å². The predicted molar refractivity (Wildman–Crippen MR) is 88.3 cm³/mol. The van der Waals surface area contributed by atoms with E-state index in [1.54, 1.807) is 43.3 Å². The van der Waals surface area contributed by atoms with E-state index in [0.717, 1.165) is 18.4 Å². The molecule has 0 spiro atoms. The average Bonchev–Trinajstić information content (AvgIpc) is 3.38. The van der Waals surface area contributed by atoms with Gasteiger partial charge in [-0.2, -0.15) is 0 Å². The summed E-state index contributed by atoms with van der Waals surface area (Å²) in [4.78, 5) is 24.2. The third-order valence-electron chi connectivity index (χ3n) is 4.24. The van der Waals surface area contributed by atoms with Gasteiger partial charge in [0.1, 0.15) is 5.82 Å². The third kappa shape index (κ3) is 3.15. The Morgan fingerprint density at radius 1 is 1.08 bits per heavy atom. The summed E-state index contributed by atoms with van der Waals surface area (Å²) >= 11 is 0. The van der Waals surface area contributed by atoms with Crippen molar-refractivity contribution in [2.24, 2.45) is 0 Å². The number of rotatable bonds is 5. The molecule has 3 rings (SSSR count). The Kier molecular flexibility index (Phi) is 4.34. The second kappa shape index (κ2) is 6.43. The highest BCUT2D eigenvalue weighted by atomic mass is 19.1. The molecule has 0 unspecified atom stereocenters. The topological polar surface area (TPSA) is 55.4 Å². The fourth-order valence-electron chi connectivity index (χ4n) is 2.70. The SMILES string of the molecule is CCOC(=O)c1ccc(NC(=O)C2(c3ccc(F)cc3)CC2)cc1. The lowest BCUT2D eigenvalue weighted by Crippen LogP contribution is -2.27. The largest absolute Gasteiger partial charge is 0.462 e. The van der Waals surface area contributed by atoms with Crippen LogP contribution >= 0.6 is 0 Å². The second-order valence-corrected chi connectivity index (χ2v) is 5.84. The molecule has 1 saturated carbocycles. The Labute approximate surface area is 139 Å². The lowest BCUT2D eigenvalue weighted by molar-refractivity contribution is -0.118. The van der Waals surface area contributed by atoms with Gasteiger partial charge in [-0.25, -0.2) is 9.18 Å². The van der Waals surface area contributed by atoms with Crippen molar-refractivity contribution in [1.29, 1.82) is 0 Å². The van der Waals surface area contributed by atoms with Gasteiger partial charge in [0.25, 0.3) is 0 Å². The number of ether oxygens (including phenoxy) is 1. The molecule has 5 heteroatoms. The molecular weight excluding hydrogens is 309 g/mol.